The number of H-pyrrole nitrogens is 1. The first kappa shape index (κ1) is 15.1. The molecule has 0 fully saturated rings. The topological polar surface area (TPSA) is 95.3 Å². The molecule has 0 saturated heterocycles. The normalized spacial score (nSPS) is 13.7. The fourth-order valence-electron chi connectivity index (χ4n) is 2.21. The zero-order valence-electron chi connectivity index (χ0n) is 12.2. The van der Waals surface area contributed by atoms with Crippen molar-refractivity contribution in [3.05, 3.63) is 57.4 Å². The molecule has 1 atom stereocenters. The fourth-order valence-corrected chi connectivity index (χ4v) is 2.21. The van der Waals surface area contributed by atoms with Crippen LogP contribution in [-0.4, -0.2) is 22.5 Å². The van der Waals surface area contributed by atoms with Crippen LogP contribution in [0.3, 0.4) is 0 Å². The van der Waals surface area contributed by atoms with Crippen LogP contribution in [0.5, 0.6) is 0 Å². The maximum atomic E-state index is 12.0. The number of pyridine rings is 1. The van der Waals surface area contributed by atoms with E-state index in [2.05, 4.69) is 10.3 Å². The van der Waals surface area contributed by atoms with Crippen LogP contribution in [0.15, 0.2) is 33.6 Å². The van der Waals surface area contributed by atoms with Gasteiger partial charge in [-0.1, -0.05) is 0 Å². The highest BCUT2D eigenvalue weighted by molar-refractivity contribution is 5.93. The average molecular weight is 290 g/mol. The van der Waals surface area contributed by atoms with Gasteiger partial charge in [-0.15, -0.1) is 0 Å². The van der Waals surface area contributed by atoms with E-state index >= 15 is 0 Å². The zero-order valence-corrected chi connectivity index (χ0v) is 12.2. The van der Waals surface area contributed by atoms with Crippen molar-refractivity contribution in [1.82, 2.24) is 10.3 Å². The van der Waals surface area contributed by atoms with Gasteiger partial charge in [0.15, 0.2) is 0 Å². The number of aryl methyl sites for hydroxylation is 2. The monoisotopic (exact) mass is 290 g/mol. The van der Waals surface area contributed by atoms with E-state index < -0.39 is 17.1 Å². The van der Waals surface area contributed by atoms with E-state index in [-0.39, 0.29) is 12.1 Å². The van der Waals surface area contributed by atoms with Crippen molar-refractivity contribution in [2.24, 2.45) is 0 Å². The van der Waals surface area contributed by atoms with Crippen LogP contribution in [0.1, 0.15) is 34.4 Å². The first-order chi connectivity index (χ1) is 9.81. The Bertz CT molecular complexity index is 712. The lowest BCUT2D eigenvalue weighted by atomic mass is 9.96. The van der Waals surface area contributed by atoms with E-state index in [4.69, 9.17) is 4.42 Å². The summed E-state index contributed by atoms with van der Waals surface area (Å²) in [4.78, 5) is 25.9. The average Bonchev–Trinajstić information content (AvgIpc) is 2.76. The summed E-state index contributed by atoms with van der Waals surface area (Å²) in [6, 6.07) is 4.73. The number of aromatic nitrogens is 1. The highest BCUT2D eigenvalue weighted by Crippen LogP contribution is 2.26. The molecule has 0 bridgehead atoms. The lowest BCUT2D eigenvalue weighted by molar-refractivity contribution is 0.0513. The molecule has 2 aromatic heterocycles. The smallest absolute Gasteiger partial charge is 0.260 e. The highest BCUT2D eigenvalue weighted by Gasteiger charge is 2.28. The predicted molar refractivity (Wildman–Crippen MR) is 77.1 cm³/mol. The third kappa shape index (κ3) is 3.22. The number of carbonyl (C=O) groups is 1. The van der Waals surface area contributed by atoms with Gasteiger partial charge in [-0.25, -0.2) is 0 Å². The number of hydrogen-bond donors (Lipinski definition) is 3. The van der Waals surface area contributed by atoms with E-state index in [1.807, 2.05) is 0 Å². The van der Waals surface area contributed by atoms with Gasteiger partial charge in [0.05, 0.1) is 6.54 Å². The molecule has 0 radical (unpaired) electrons. The van der Waals surface area contributed by atoms with Gasteiger partial charge in [0.2, 0.25) is 0 Å². The number of aliphatic hydroxyl groups is 1. The van der Waals surface area contributed by atoms with Crippen LogP contribution < -0.4 is 10.9 Å². The Hall–Kier alpha value is -2.34. The Labute approximate surface area is 121 Å². The second kappa shape index (κ2) is 5.57. The number of carbonyl (C=O) groups excluding carboxylic acids is 1. The number of aromatic amines is 1. The summed E-state index contributed by atoms with van der Waals surface area (Å²) in [6.07, 6.45) is 1.45. The molecule has 0 aliphatic rings. The van der Waals surface area contributed by atoms with Crippen LogP contribution >= 0.6 is 0 Å². The quantitative estimate of drug-likeness (QED) is 0.789. The Morgan fingerprint density at radius 1 is 1.48 bits per heavy atom. The van der Waals surface area contributed by atoms with Crippen molar-refractivity contribution in [2.75, 3.05) is 6.54 Å². The van der Waals surface area contributed by atoms with Gasteiger partial charge in [0, 0.05) is 11.8 Å². The Morgan fingerprint density at radius 3 is 2.76 bits per heavy atom. The standard InChI is InChI=1S/C15H18N2O4/c1-9-7-12(10(2)21-9)15(3,20)8-17-14(19)11-5-4-6-16-13(11)18/h4-7,20H,8H2,1-3H3,(H,16,18)(H,17,19)/t15-/m0/s1. The van der Waals surface area contributed by atoms with E-state index in [9.17, 15) is 14.7 Å². The molecule has 0 spiro atoms. The minimum Gasteiger partial charge on any atom is -0.466 e. The first-order valence-corrected chi connectivity index (χ1v) is 6.57. The van der Waals surface area contributed by atoms with Crippen molar-refractivity contribution in [1.29, 1.82) is 0 Å². The molecule has 0 aromatic carbocycles. The van der Waals surface area contributed by atoms with Gasteiger partial charge < -0.3 is 19.8 Å². The molecule has 1 amide bonds. The maximum absolute atomic E-state index is 12.0. The van der Waals surface area contributed by atoms with Gasteiger partial charge in [-0.3, -0.25) is 9.59 Å². The number of rotatable bonds is 4. The molecule has 0 aliphatic carbocycles. The number of furan rings is 1. The third-order valence-electron chi connectivity index (χ3n) is 3.28. The van der Waals surface area contributed by atoms with Gasteiger partial charge in [-0.05, 0) is 39.0 Å². The van der Waals surface area contributed by atoms with E-state index in [0.717, 1.165) is 0 Å². The molecule has 0 saturated carbocycles. The molecule has 21 heavy (non-hydrogen) atoms. The molecular formula is C15H18N2O4. The third-order valence-corrected chi connectivity index (χ3v) is 3.28. The molecule has 2 aromatic rings. The number of hydrogen-bond acceptors (Lipinski definition) is 4. The lowest BCUT2D eigenvalue weighted by Crippen LogP contribution is -2.40. The van der Waals surface area contributed by atoms with Crippen LogP contribution in [0.25, 0.3) is 0 Å². The fraction of sp³-hybridized carbons (Fsp3) is 0.333. The highest BCUT2D eigenvalue weighted by atomic mass is 16.3. The zero-order chi connectivity index (χ0) is 15.6. The van der Waals surface area contributed by atoms with Crippen LogP contribution in [0, 0.1) is 13.8 Å². The summed E-state index contributed by atoms with van der Waals surface area (Å²) in [5, 5.41) is 13.0. The molecule has 0 unspecified atom stereocenters. The molecule has 6 heteroatoms. The largest absolute Gasteiger partial charge is 0.466 e. The van der Waals surface area contributed by atoms with Crippen molar-refractivity contribution >= 4 is 5.91 Å². The maximum Gasteiger partial charge on any atom is 0.260 e. The number of amides is 1. The van der Waals surface area contributed by atoms with E-state index in [1.165, 1.54) is 12.3 Å². The predicted octanol–water partition coefficient (Wildman–Crippen LogP) is 1.22. The van der Waals surface area contributed by atoms with Gasteiger partial charge in [0.1, 0.15) is 22.7 Å². The van der Waals surface area contributed by atoms with E-state index in [1.54, 1.807) is 32.9 Å². The molecular weight excluding hydrogens is 272 g/mol. The minimum atomic E-state index is -1.28. The Morgan fingerprint density at radius 2 is 2.19 bits per heavy atom. The van der Waals surface area contributed by atoms with Crippen LogP contribution in [0.2, 0.25) is 0 Å². The molecule has 6 nitrogen and oxygen atoms in total. The minimum absolute atomic E-state index is 0.00777. The Balaban J connectivity index is 2.12. The van der Waals surface area contributed by atoms with Crippen LogP contribution in [-0.2, 0) is 5.60 Å². The summed E-state index contributed by atoms with van der Waals surface area (Å²) in [7, 11) is 0. The molecule has 0 aliphatic heterocycles. The molecule has 2 rings (SSSR count). The summed E-state index contributed by atoms with van der Waals surface area (Å²) >= 11 is 0. The summed E-state index contributed by atoms with van der Waals surface area (Å²) in [5.74, 6) is 0.757. The van der Waals surface area contributed by atoms with Crippen molar-refractivity contribution in [3.63, 3.8) is 0 Å². The summed E-state index contributed by atoms with van der Waals surface area (Å²) < 4.78 is 5.38. The molecule has 112 valence electrons. The number of nitrogens with one attached hydrogen (secondary N) is 2. The van der Waals surface area contributed by atoms with Crippen molar-refractivity contribution in [3.8, 4) is 0 Å². The molecule has 2 heterocycles. The lowest BCUT2D eigenvalue weighted by Gasteiger charge is -2.23. The molecule has 3 N–H and O–H groups in total. The SMILES string of the molecule is Cc1cc([C@@](C)(O)CNC(=O)c2ccc[nH]c2=O)c(C)o1. The summed E-state index contributed by atoms with van der Waals surface area (Å²) in [6.45, 7) is 5.09. The van der Waals surface area contributed by atoms with E-state index in [0.29, 0.717) is 17.1 Å². The van der Waals surface area contributed by atoms with Crippen LogP contribution in [0.4, 0.5) is 0 Å². The second-order valence-corrected chi connectivity index (χ2v) is 5.20. The summed E-state index contributed by atoms with van der Waals surface area (Å²) in [5.41, 5.74) is -1.13. The van der Waals surface area contributed by atoms with Crippen molar-refractivity contribution < 1.29 is 14.3 Å². The second-order valence-electron chi connectivity index (χ2n) is 5.20. The van der Waals surface area contributed by atoms with Crippen molar-refractivity contribution in [2.45, 2.75) is 26.4 Å². The van der Waals surface area contributed by atoms with Gasteiger partial charge in [0.25, 0.3) is 11.5 Å². The Kier molecular flexibility index (Phi) is 3.99. The van der Waals surface area contributed by atoms with Gasteiger partial charge >= 0.3 is 0 Å². The van der Waals surface area contributed by atoms with Gasteiger partial charge in [-0.2, -0.15) is 0 Å². The first-order valence-electron chi connectivity index (χ1n) is 6.57.